The number of hydrogen-bond acceptors (Lipinski definition) is 6. The summed E-state index contributed by atoms with van der Waals surface area (Å²) >= 11 is 0. The number of halogens is 1. The molecule has 0 aliphatic carbocycles. The number of ether oxygens (including phenoxy) is 1. The van der Waals surface area contributed by atoms with Gasteiger partial charge in [0.2, 0.25) is 0 Å². The van der Waals surface area contributed by atoms with Gasteiger partial charge in [0, 0.05) is 19.4 Å². The molecule has 1 aromatic carbocycles. The quantitative estimate of drug-likeness (QED) is 0.682. The Kier molecular flexibility index (Phi) is 6.15. The van der Waals surface area contributed by atoms with Crippen LogP contribution in [0.4, 0.5) is 14.9 Å². The van der Waals surface area contributed by atoms with Crippen molar-refractivity contribution < 1.29 is 19.0 Å². The molecule has 3 N–H and O–H groups in total. The van der Waals surface area contributed by atoms with Gasteiger partial charge in [0.1, 0.15) is 11.5 Å². The molecule has 0 saturated carbocycles. The van der Waals surface area contributed by atoms with Gasteiger partial charge in [0.15, 0.2) is 5.82 Å². The summed E-state index contributed by atoms with van der Waals surface area (Å²) in [4.78, 5) is 12.0. The van der Waals surface area contributed by atoms with E-state index in [2.05, 4.69) is 26.2 Å². The second-order valence-corrected chi connectivity index (χ2v) is 5.06. The maximum absolute atomic E-state index is 14.0. The van der Waals surface area contributed by atoms with Crippen LogP contribution in [0.15, 0.2) is 18.2 Å². The van der Waals surface area contributed by atoms with Gasteiger partial charge in [-0.05, 0) is 42.0 Å². The zero-order valence-corrected chi connectivity index (χ0v) is 13.4. The van der Waals surface area contributed by atoms with Crippen molar-refractivity contribution in [2.45, 2.75) is 19.4 Å². The average molecular weight is 338 g/mol. The van der Waals surface area contributed by atoms with E-state index in [-0.39, 0.29) is 12.3 Å². The van der Waals surface area contributed by atoms with Crippen LogP contribution in [0.1, 0.15) is 12.2 Å². The van der Waals surface area contributed by atoms with Crippen LogP contribution in [0.5, 0.6) is 0 Å². The summed E-state index contributed by atoms with van der Waals surface area (Å²) in [5.74, 6) is -0.111. The standard InChI is InChI=1S/C14H19FN6O3/c1-9-18-19-20-21(9)13-7-10(3-4-12(13)15)16-14(23)17-11(8-22)5-6-24-2/h3-4,7,11,22H,5-6,8H2,1-2H3,(H2,16,17,23). The molecule has 0 bridgehead atoms. The van der Waals surface area contributed by atoms with E-state index in [0.29, 0.717) is 24.5 Å². The highest BCUT2D eigenvalue weighted by molar-refractivity contribution is 5.89. The molecular weight excluding hydrogens is 319 g/mol. The lowest BCUT2D eigenvalue weighted by molar-refractivity contribution is 0.161. The lowest BCUT2D eigenvalue weighted by atomic mass is 10.2. The zero-order valence-electron chi connectivity index (χ0n) is 13.4. The molecule has 1 heterocycles. The fraction of sp³-hybridized carbons (Fsp3) is 0.429. The highest BCUT2D eigenvalue weighted by atomic mass is 19.1. The topological polar surface area (TPSA) is 114 Å². The molecule has 2 amide bonds. The number of aliphatic hydroxyl groups excluding tert-OH is 1. The predicted octanol–water partition coefficient (Wildman–Crippen LogP) is 0.629. The molecule has 130 valence electrons. The van der Waals surface area contributed by atoms with Crippen molar-refractivity contribution in [3.05, 3.63) is 29.8 Å². The first-order valence-corrected chi connectivity index (χ1v) is 7.27. The number of rotatable bonds is 7. The van der Waals surface area contributed by atoms with Crippen LogP contribution in [0.2, 0.25) is 0 Å². The van der Waals surface area contributed by atoms with Gasteiger partial charge in [-0.15, -0.1) is 5.10 Å². The Morgan fingerprint density at radius 3 is 2.92 bits per heavy atom. The molecular formula is C14H19FN6O3. The molecule has 0 radical (unpaired) electrons. The number of anilines is 1. The van der Waals surface area contributed by atoms with Gasteiger partial charge in [-0.1, -0.05) is 0 Å². The predicted molar refractivity (Wildman–Crippen MR) is 83.4 cm³/mol. The Hall–Kier alpha value is -2.59. The minimum Gasteiger partial charge on any atom is -0.394 e. The third-order valence-electron chi connectivity index (χ3n) is 3.28. The Bertz CT molecular complexity index is 693. The number of amides is 2. The molecule has 9 nitrogen and oxygen atoms in total. The van der Waals surface area contributed by atoms with E-state index in [0.717, 1.165) is 0 Å². The van der Waals surface area contributed by atoms with Crippen LogP contribution in [0.25, 0.3) is 5.69 Å². The average Bonchev–Trinajstić information content (AvgIpc) is 2.99. The van der Waals surface area contributed by atoms with Gasteiger partial charge >= 0.3 is 6.03 Å². The molecule has 0 aliphatic rings. The van der Waals surface area contributed by atoms with Gasteiger partial charge < -0.3 is 20.5 Å². The first kappa shape index (κ1) is 17.8. The Labute approximate surface area is 137 Å². The van der Waals surface area contributed by atoms with Gasteiger partial charge in [0.25, 0.3) is 0 Å². The van der Waals surface area contributed by atoms with E-state index >= 15 is 0 Å². The van der Waals surface area contributed by atoms with E-state index < -0.39 is 17.9 Å². The molecule has 1 unspecified atom stereocenters. The Morgan fingerprint density at radius 1 is 1.50 bits per heavy atom. The van der Waals surface area contributed by atoms with Crippen LogP contribution in [0.3, 0.4) is 0 Å². The van der Waals surface area contributed by atoms with Crippen molar-refractivity contribution in [1.29, 1.82) is 0 Å². The summed E-state index contributed by atoms with van der Waals surface area (Å²) in [5.41, 5.74) is 0.482. The normalized spacial score (nSPS) is 12.0. The van der Waals surface area contributed by atoms with Crippen LogP contribution in [-0.2, 0) is 4.74 Å². The van der Waals surface area contributed by atoms with Crippen molar-refractivity contribution in [2.24, 2.45) is 0 Å². The second-order valence-electron chi connectivity index (χ2n) is 5.06. The van der Waals surface area contributed by atoms with Crippen LogP contribution < -0.4 is 10.6 Å². The fourth-order valence-corrected chi connectivity index (χ4v) is 2.03. The first-order chi connectivity index (χ1) is 11.5. The highest BCUT2D eigenvalue weighted by Crippen LogP contribution is 2.18. The van der Waals surface area contributed by atoms with E-state index in [1.165, 1.54) is 30.0 Å². The minimum atomic E-state index is -0.523. The lowest BCUT2D eigenvalue weighted by Crippen LogP contribution is -2.40. The Morgan fingerprint density at radius 2 is 2.29 bits per heavy atom. The maximum Gasteiger partial charge on any atom is 0.319 e. The lowest BCUT2D eigenvalue weighted by Gasteiger charge is -2.16. The number of nitrogens with one attached hydrogen (secondary N) is 2. The van der Waals surface area contributed by atoms with Crippen molar-refractivity contribution in [3.8, 4) is 5.69 Å². The van der Waals surface area contributed by atoms with Gasteiger partial charge in [-0.2, -0.15) is 4.68 Å². The third kappa shape index (κ3) is 4.46. The van der Waals surface area contributed by atoms with Gasteiger partial charge in [0.05, 0.1) is 12.6 Å². The number of methoxy groups -OCH3 is 1. The van der Waals surface area contributed by atoms with E-state index in [1.54, 1.807) is 6.92 Å². The highest BCUT2D eigenvalue weighted by Gasteiger charge is 2.14. The third-order valence-corrected chi connectivity index (χ3v) is 3.28. The van der Waals surface area contributed by atoms with E-state index in [4.69, 9.17) is 4.74 Å². The van der Waals surface area contributed by atoms with Crippen LogP contribution in [-0.4, -0.2) is 57.7 Å². The second kappa shape index (κ2) is 8.31. The molecule has 2 aromatic rings. The molecule has 1 aromatic heterocycles. The SMILES string of the molecule is COCCC(CO)NC(=O)Nc1ccc(F)c(-n2nnnc2C)c1. The smallest absolute Gasteiger partial charge is 0.319 e. The summed E-state index contributed by atoms with van der Waals surface area (Å²) in [7, 11) is 1.54. The van der Waals surface area contributed by atoms with E-state index in [1.807, 2.05) is 0 Å². The summed E-state index contributed by atoms with van der Waals surface area (Å²) in [5, 5.41) is 25.3. The number of carbonyl (C=O) groups excluding carboxylic acids is 1. The van der Waals surface area contributed by atoms with Gasteiger partial charge in [-0.25, -0.2) is 9.18 Å². The zero-order chi connectivity index (χ0) is 17.5. The van der Waals surface area contributed by atoms with Crippen LogP contribution in [0, 0.1) is 12.7 Å². The number of hydrogen-bond donors (Lipinski definition) is 3. The molecule has 2 rings (SSSR count). The maximum atomic E-state index is 14.0. The van der Waals surface area contributed by atoms with Crippen molar-refractivity contribution in [2.75, 3.05) is 25.6 Å². The molecule has 10 heteroatoms. The summed E-state index contributed by atoms with van der Waals surface area (Å²) in [6, 6.07) is 3.09. The van der Waals surface area contributed by atoms with Crippen molar-refractivity contribution in [3.63, 3.8) is 0 Å². The van der Waals surface area contributed by atoms with Crippen molar-refractivity contribution >= 4 is 11.7 Å². The van der Waals surface area contributed by atoms with Crippen LogP contribution >= 0.6 is 0 Å². The fourth-order valence-electron chi connectivity index (χ4n) is 2.03. The molecule has 0 aliphatic heterocycles. The molecule has 0 saturated heterocycles. The molecule has 0 spiro atoms. The largest absolute Gasteiger partial charge is 0.394 e. The number of nitrogens with zero attached hydrogens (tertiary/aromatic N) is 4. The molecule has 1 atom stereocenters. The Balaban J connectivity index is 2.07. The summed E-state index contributed by atoms with van der Waals surface area (Å²) in [6.45, 7) is 1.83. The number of aryl methyl sites for hydroxylation is 1. The van der Waals surface area contributed by atoms with Gasteiger partial charge in [-0.3, -0.25) is 0 Å². The minimum absolute atomic E-state index is 0.119. The number of urea groups is 1. The number of tetrazole rings is 1. The number of aliphatic hydroxyl groups is 1. The number of aromatic nitrogens is 4. The number of benzene rings is 1. The summed E-state index contributed by atoms with van der Waals surface area (Å²) < 4.78 is 20.1. The summed E-state index contributed by atoms with van der Waals surface area (Å²) in [6.07, 6.45) is 0.471. The van der Waals surface area contributed by atoms with E-state index in [9.17, 15) is 14.3 Å². The monoisotopic (exact) mass is 338 g/mol. The molecule has 24 heavy (non-hydrogen) atoms. The van der Waals surface area contributed by atoms with Crippen molar-refractivity contribution in [1.82, 2.24) is 25.5 Å². The molecule has 0 fully saturated rings. The number of carbonyl (C=O) groups is 1. The first-order valence-electron chi connectivity index (χ1n) is 7.27.